The lowest BCUT2D eigenvalue weighted by Gasteiger charge is -2.38. The Morgan fingerprint density at radius 3 is 2.05 bits per heavy atom. The summed E-state index contributed by atoms with van der Waals surface area (Å²) in [5.74, 6) is 2.86. The number of ether oxygens (including phenoxy) is 1. The van der Waals surface area contributed by atoms with Crippen LogP contribution in [0, 0.1) is 23.7 Å². The van der Waals surface area contributed by atoms with Gasteiger partial charge in [-0.3, -0.25) is 0 Å². The zero-order valence-electron chi connectivity index (χ0n) is 14.0. The van der Waals surface area contributed by atoms with E-state index in [4.69, 9.17) is 18.0 Å². The number of epoxide rings is 1. The maximum absolute atomic E-state index is 6.13. The van der Waals surface area contributed by atoms with E-state index in [0.29, 0.717) is 49.4 Å². The van der Waals surface area contributed by atoms with Crippen LogP contribution in [0.5, 0.6) is 0 Å². The smallest absolute Gasteiger partial charge is 0.374 e. The summed E-state index contributed by atoms with van der Waals surface area (Å²) < 4.78 is 24.3. The Kier molecular flexibility index (Phi) is 4.50. The number of hydrogen-bond acceptors (Lipinski definition) is 4. The maximum Gasteiger partial charge on any atom is 0.504 e. The zero-order chi connectivity index (χ0) is 15.2. The van der Waals surface area contributed by atoms with Crippen molar-refractivity contribution in [2.45, 2.75) is 58.8 Å². The molecule has 3 fully saturated rings. The van der Waals surface area contributed by atoms with E-state index in [0.717, 1.165) is 11.8 Å². The standard InChI is InChI=1S/C16H30O4Si/c1-6-17-21(18-7-2,19-8-3)11(5)13-9-12-10(4)14(13)16-15(12)20-16/h10-16H,6-9H2,1-5H3. The molecule has 0 aromatic rings. The van der Waals surface area contributed by atoms with Gasteiger partial charge >= 0.3 is 8.80 Å². The van der Waals surface area contributed by atoms with Gasteiger partial charge in [0.25, 0.3) is 0 Å². The SMILES string of the molecule is CCO[Si](OCC)(OCC)C(C)C1CC2C(C)C1C1OC21. The summed E-state index contributed by atoms with van der Waals surface area (Å²) in [5, 5.41) is 0. The second-order valence-electron chi connectivity index (χ2n) is 6.76. The molecule has 2 saturated carbocycles. The van der Waals surface area contributed by atoms with Crippen LogP contribution in [0.15, 0.2) is 0 Å². The van der Waals surface area contributed by atoms with Crippen molar-refractivity contribution >= 4 is 8.80 Å². The van der Waals surface area contributed by atoms with E-state index in [1.807, 2.05) is 20.8 Å². The first kappa shape index (κ1) is 15.9. The second kappa shape index (κ2) is 5.93. The first-order valence-electron chi connectivity index (χ1n) is 8.66. The monoisotopic (exact) mass is 314 g/mol. The Balaban J connectivity index is 1.79. The van der Waals surface area contributed by atoms with Gasteiger partial charge in [-0.15, -0.1) is 0 Å². The number of fused-ring (bicyclic) bond motifs is 5. The fraction of sp³-hybridized carbons (Fsp3) is 1.00. The summed E-state index contributed by atoms with van der Waals surface area (Å²) in [5.41, 5.74) is 0.361. The molecular weight excluding hydrogens is 284 g/mol. The van der Waals surface area contributed by atoms with Gasteiger partial charge in [-0.05, 0) is 50.9 Å². The van der Waals surface area contributed by atoms with Gasteiger partial charge in [-0.2, -0.15) is 0 Å². The van der Waals surface area contributed by atoms with Crippen LogP contribution in [0.4, 0.5) is 0 Å². The Morgan fingerprint density at radius 1 is 1.05 bits per heavy atom. The molecule has 0 aromatic carbocycles. The average molecular weight is 314 g/mol. The fourth-order valence-electron chi connectivity index (χ4n) is 5.05. The molecule has 2 bridgehead atoms. The molecule has 7 atom stereocenters. The predicted octanol–water partition coefficient (Wildman–Crippen LogP) is 3.09. The van der Waals surface area contributed by atoms with Crippen LogP contribution in [0.2, 0.25) is 5.54 Å². The van der Waals surface area contributed by atoms with Crippen molar-refractivity contribution < 1.29 is 18.0 Å². The molecule has 0 N–H and O–H groups in total. The van der Waals surface area contributed by atoms with Crippen molar-refractivity contribution in [3.8, 4) is 0 Å². The first-order chi connectivity index (χ1) is 10.1. The Hall–Kier alpha value is 0.0569. The molecule has 1 aliphatic heterocycles. The van der Waals surface area contributed by atoms with Crippen LogP contribution in [0.3, 0.4) is 0 Å². The summed E-state index contributed by atoms with van der Waals surface area (Å²) in [6.45, 7) is 12.8. The van der Waals surface area contributed by atoms with Crippen LogP contribution in [-0.2, 0) is 18.0 Å². The van der Waals surface area contributed by atoms with Crippen molar-refractivity contribution in [2.75, 3.05) is 19.8 Å². The summed E-state index contributed by atoms with van der Waals surface area (Å²) >= 11 is 0. The van der Waals surface area contributed by atoms with Crippen molar-refractivity contribution in [3.63, 3.8) is 0 Å². The molecule has 3 aliphatic rings. The predicted molar refractivity (Wildman–Crippen MR) is 83.0 cm³/mol. The zero-order valence-corrected chi connectivity index (χ0v) is 15.0. The number of hydrogen-bond donors (Lipinski definition) is 0. The van der Waals surface area contributed by atoms with Crippen molar-refractivity contribution in [1.29, 1.82) is 0 Å². The lowest BCUT2D eigenvalue weighted by atomic mass is 9.86. The van der Waals surface area contributed by atoms with E-state index in [2.05, 4.69) is 13.8 Å². The molecule has 1 saturated heterocycles. The molecule has 0 amide bonds. The minimum atomic E-state index is -2.60. The molecule has 0 spiro atoms. The third-order valence-corrected chi connectivity index (χ3v) is 9.54. The van der Waals surface area contributed by atoms with Gasteiger partial charge in [0.15, 0.2) is 0 Å². The molecule has 21 heavy (non-hydrogen) atoms. The van der Waals surface area contributed by atoms with E-state index in [-0.39, 0.29) is 0 Å². The largest absolute Gasteiger partial charge is 0.504 e. The van der Waals surface area contributed by atoms with E-state index < -0.39 is 8.80 Å². The average Bonchev–Trinajstić information content (AvgIpc) is 3.13. The molecule has 1 heterocycles. The van der Waals surface area contributed by atoms with Gasteiger partial charge in [-0.25, -0.2) is 0 Å². The van der Waals surface area contributed by atoms with Gasteiger partial charge in [0.2, 0.25) is 0 Å². The second-order valence-corrected chi connectivity index (χ2v) is 9.74. The van der Waals surface area contributed by atoms with Crippen molar-refractivity contribution in [1.82, 2.24) is 0 Å². The molecule has 4 nitrogen and oxygen atoms in total. The minimum Gasteiger partial charge on any atom is -0.374 e. The third kappa shape index (κ3) is 2.41. The number of rotatable bonds is 8. The quantitative estimate of drug-likeness (QED) is 0.510. The first-order valence-corrected chi connectivity index (χ1v) is 10.5. The van der Waals surface area contributed by atoms with Crippen molar-refractivity contribution in [3.05, 3.63) is 0 Å². The Morgan fingerprint density at radius 2 is 1.62 bits per heavy atom. The summed E-state index contributed by atoms with van der Waals surface area (Å²) in [6, 6.07) is 0. The highest BCUT2D eigenvalue weighted by Gasteiger charge is 2.69. The fourth-order valence-corrected chi connectivity index (χ4v) is 8.18. The molecule has 0 aromatic heterocycles. The normalized spacial score (nSPS) is 42.1. The molecule has 0 radical (unpaired) electrons. The van der Waals surface area contributed by atoms with E-state index in [1.165, 1.54) is 6.42 Å². The topological polar surface area (TPSA) is 40.2 Å². The molecule has 5 heteroatoms. The summed E-state index contributed by atoms with van der Waals surface area (Å²) in [7, 11) is -2.60. The highest BCUT2D eigenvalue weighted by atomic mass is 28.4. The van der Waals surface area contributed by atoms with Crippen LogP contribution < -0.4 is 0 Å². The summed E-state index contributed by atoms with van der Waals surface area (Å²) in [4.78, 5) is 0. The maximum atomic E-state index is 6.13. The van der Waals surface area contributed by atoms with Gasteiger partial charge in [0, 0.05) is 25.4 Å². The van der Waals surface area contributed by atoms with Crippen molar-refractivity contribution in [2.24, 2.45) is 23.7 Å². The van der Waals surface area contributed by atoms with Gasteiger partial charge in [-0.1, -0.05) is 13.8 Å². The van der Waals surface area contributed by atoms with E-state index in [1.54, 1.807) is 0 Å². The van der Waals surface area contributed by atoms with Crippen LogP contribution >= 0.6 is 0 Å². The minimum absolute atomic E-state index is 0.361. The molecule has 2 aliphatic carbocycles. The lowest BCUT2D eigenvalue weighted by molar-refractivity contribution is 0.0504. The molecule has 3 rings (SSSR count). The highest BCUT2D eigenvalue weighted by Crippen LogP contribution is 2.65. The van der Waals surface area contributed by atoms with Gasteiger partial charge in [0.05, 0.1) is 12.2 Å². The molecule has 7 unspecified atom stereocenters. The Labute approximate surface area is 129 Å². The van der Waals surface area contributed by atoms with Crippen LogP contribution in [-0.4, -0.2) is 40.8 Å². The summed E-state index contributed by atoms with van der Waals surface area (Å²) in [6.07, 6.45) is 2.34. The van der Waals surface area contributed by atoms with Gasteiger partial charge < -0.3 is 18.0 Å². The van der Waals surface area contributed by atoms with E-state index in [9.17, 15) is 0 Å². The van der Waals surface area contributed by atoms with E-state index >= 15 is 0 Å². The lowest BCUT2D eigenvalue weighted by Crippen LogP contribution is -2.52. The van der Waals surface area contributed by atoms with Crippen LogP contribution in [0.1, 0.15) is 41.0 Å². The van der Waals surface area contributed by atoms with Crippen LogP contribution in [0.25, 0.3) is 0 Å². The molecule has 122 valence electrons. The third-order valence-electron chi connectivity index (χ3n) is 5.92. The Bertz CT molecular complexity index is 360. The van der Waals surface area contributed by atoms with Gasteiger partial charge in [0.1, 0.15) is 0 Å². The highest BCUT2D eigenvalue weighted by molar-refractivity contribution is 6.62. The molecular formula is C16H30O4Si.